The number of ether oxygens (including phenoxy) is 1. The van der Waals surface area contributed by atoms with E-state index in [2.05, 4.69) is 5.32 Å². The predicted molar refractivity (Wildman–Crippen MR) is 92.1 cm³/mol. The first kappa shape index (κ1) is 17.3. The summed E-state index contributed by atoms with van der Waals surface area (Å²) in [6, 6.07) is 14.1. The maximum Gasteiger partial charge on any atom is 0.230 e. The number of methoxy groups -OCH3 is 1. The van der Waals surface area contributed by atoms with Crippen LogP contribution >= 0.6 is 11.8 Å². The molecular weight excluding hydrogens is 313 g/mol. The summed E-state index contributed by atoms with van der Waals surface area (Å²) < 4.78 is 18.8. The Bertz CT molecular complexity index is 663. The molecule has 2 rings (SSSR count). The van der Waals surface area contributed by atoms with Crippen molar-refractivity contribution in [2.24, 2.45) is 0 Å². The molecule has 0 heterocycles. The van der Waals surface area contributed by atoms with Crippen molar-refractivity contribution in [3.05, 3.63) is 65.5 Å². The van der Waals surface area contributed by atoms with Crippen molar-refractivity contribution < 1.29 is 13.9 Å². The van der Waals surface area contributed by atoms with E-state index < -0.39 is 0 Å². The molecule has 0 fully saturated rings. The second-order valence-electron chi connectivity index (χ2n) is 5.12. The Hall–Kier alpha value is -2.01. The number of thioether (sulfide) groups is 1. The van der Waals surface area contributed by atoms with E-state index in [0.717, 1.165) is 11.3 Å². The molecule has 1 amide bonds. The van der Waals surface area contributed by atoms with Crippen LogP contribution in [0.15, 0.2) is 48.5 Å². The highest BCUT2D eigenvalue weighted by Gasteiger charge is 2.13. The normalized spacial score (nSPS) is 11.8. The van der Waals surface area contributed by atoms with Crippen LogP contribution in [0.4, 0.5) is 4.39 Å². The number of hydrogen-bond donors (Lipinski definition) is 1. The Morgan fingerprint density at radius 3 is 2.65 bits per heavy atom. The number of halogens is 1. The summed E-state index contributed by atoms with van der Waals surface area (Å²) in [4.78, 5) is 12.0. The minimum Gasteiger partial charge on any atom is -0.496 e. The van der Waals surface area contributed by atoms with Gasteiger partial charge in [0.05, 0.1) is 18.9 Å². The van der Waals surface area contributed by atoms with Crippen LogP contribution < -0.4 is 10.1 Å². The van der Waals surface area contributed by atoms with Gasteiger partial charge in [0.2, 0.25) is 5.91 Å². The Kier molecular flexibility index (Phi) is 6.47. The van der Waals surface area contributed by atoms with Crippen LogP contribution in [0.3, 0.4) is 0 Å². The van der Waals surface area contributed by atoms with Gasteiger partial charge in [-0.05, 0) is 24.6 Å². The third kappa shape index (κ3) is 4.99. The summed E-state index contributed by atoms with van der Waals surface area (Å²) in [5.41, 5.74) is 1.55. The fraction of sp³-hybridized carbons (Fsp3) is 0.278. The molecule has 0 spiro atoms. The largest absolute Gasteiger partial charge is 0.496 e. The average Bonchev–Trinajstić information content (AvgIpc) is 2.56. The van der Waals surface area contributed by atoms with Crippen molar-refractivity contribution in [1.29, 1.82) is 0 Å². The number of carbonyl (C=O) groups excluding carboxylic acids is 1. The lowest BCUT2D eigenvalue weighted by atomic mass is 10.1. The van der Waals surface area contributed by atoms with Gasteiger partial charge >= 0.3 is 0 Å². The average molecular weight is 333 g/mol. The maximum absolute atomic E-state index is 13.5. The van der Waals surface area contributed by atoms with Gasteiger partial charge in [0.15, 0.2) is 0 Å². The van der Waals surface area contributed by atoms with Crippen molar-refractivity contribution in [1.82, 2.24) is 5.32 Å². The molecule has 1 unspecified atom stereocenters. The zero-order chi connectivity index (χ0) is 16.7. The van der Waals surface area contributed by atoms with Crippen molar-refractivity contribution in [3.63, 3.8) is 0 Å². The van der Waals surface area contributed by atoms with Crippen LogP contribution in [-0.2, 0) is 10.5 Å². The number of para-hydroxylation sites is 1. The molecule has 0 aromatic heterocycles. The van der Waals surface area contributed by atoms with E-state index in [1.807, 2.05) is 31.2 Å². The van der Waals surface area contributed by atoms with Gasteiger partial charge in [-0.1, -0.05) is 36.4 Å². The van der Waals surface area contributed by atoms with E-state index in [-0.39, 0.29) is 23.5 Å². The zero-order valence-electron chi connectivity index (χ0n) is 13.2. The summed E-state index contributed by atoms with van der Waals surface area (Å²) >= 11 is 1.39. The molecule has 23 heavy (non-hydrogen) atoms. The van der Waals surface area contributed by atoms with Gasteiger partial charge in [-0.2, -0.15) is 0 Å². The monoisotopic (exact) mass is 333 g/mol. The number of carbonyl (C=O) groups is 1. The number of amides is 1. The van der Waals surface area contributed by atoms with E-state index in [0.29, 0.717) is 11.3 Å². The van der Waals surface area contributed by atoms with Crippen molar-refractivity contribution in [3.8, 4) is 5.75 Å². The first-order chi connectivity index (χ1) is 11.1. The van der Waals surface area contributed by atoms with Gasteiger partial charge in [0, 0.05) is 11.3 Å². The van der Waals surface area contributed by atoms with Gasteiger partial charge in [-0.3, -0.25) is 4.79 Å². The number of rotatable bonds is 7. The molecule has 2 aromatic rings. The molecule has 0 radical (unpaired) electrons. The predicted octanol–water partition coefficient (Wildman–Crippen LogP) is 3.94. The molecule has 1 N–H and O–H groups in total. The van der Waals surface area contributed by atoms with Crippen LogP contribution in [0.25, 0.3) is 0 Å². The van der Waals surface area contributed by atoms with Gasteiger partial charge in [0.1, 0.15) is 11.6 Å². The van der Waals surface area contributed by atoms with Crippen LogP contribution in [0.1, 0.15) is 24.1 Å². The topological polar surface area (TPSA) is 38.3 Å². The summed E-state index contributed by atoms with van der Waals surface area (Å²) in [5.74, 6) is 1.20. The number of benzene rings is 2. The second-order valence-corrected chi connectivity index (χ2v) is 6.10. The first-order valence-corrected chi connectivity index (χ1v) is 8.50. The quantitative estimate of drug-likeness (QED) is 0.834. The van der Waals surface area contributed by atoms with Gasteiger partial charge in [-0.25, -0.2) is 4.39 Å². The van der Waals surface area contributed by atoms with Crippen molar-refractivity contribution in [2.45, 2.75) is 18.7 Å². The zero-order valence-corrected chi connectivity index (χ0v) is 14.0. The minimum atomic E-state index is -0.234. The van der Waals surface area contributed by atoms with E-state index >= 15 is 0 Å². The molecule has 2 aromatic carbocycles. The molecule has 0 saturated carbocycles. The minimum absolute atomic E-state index is 0.0789. The third-order valence-corrected chi connectivity index (χ3v) is 4.41. The Labute approximate surface area is 140 Å². The van der Waals surface area contributed by atoms with Gasteiger partial charge in [-0.15, -0.1) is 11.8 Å². The van der Waals surface area contributed by atoms with E-state index in [1.54, 1.807) is 25.3 Å². The molecule has 0 bridgehead atoms. The molecule has 122 valence electrons. The van der Waals surface area contributed by atoms with Gasteiger partial charge in [0.25, 0.3) is 0 Å². The second kappa shape index (κ2) is 8.58. The Morgan fingerprint density at radius 1 is 1.22 bits per heavy atom. The Balaban J connectivity index is 1.84. The molecule has 0 aliphatic heterocycles. The van der Waals surface area contributed by atoms with E-state index in [4.69, 9.17) is 4.74 Å². The lowest BCUT2D eigenvalue weighted by molar-refractivity contribution is -0.119. The molecule has 0 saturated heterocycles. The first-order valence-electron chi connectivity index (χ1n) is 7.35. The summed E-state index contributed by atoms with van der Waals surface area (Å²) in [6.45, 7) is 1.91. The lowest BCUT2D eigenvalue weighted by Gasteiger charge is -2.17. The van der Waals surface area contributed by atoms with Gasteiger partial charge < -0.3 is 10.1 Å². The third-order valence-electron chi connectivity index (χ3n) is 3.43. The van der Waals surface area contributed by atoms with Crippen molar-refractivity contribution in [2.75, 3.05) is 12.9 Å². The highest BCUT2D eigenvalue weighted by Crippen LogP contribution is 2.24. The van der Waals surface area contributed by atoms with Crippen LogP contribution in [0, 0.1) is 5.82 Å². The highest BCUT2D eigenvalue weighted by atomic mass is 32.2. The molecule has 5 heteroatoms. The lowest BCUT2D eigenvalue weighted by Crippen LogP contribution is -2.28. The molecule has 1 atom stereocenters. The maximum atomic E-state index is 13.5. The highest BCUT2D eigenvalue weighted by molar-refractivity contribution is 7.99. The number of nitrogens with one attached hydrogen (secondary N) is 1. The number of hydrogen-bond acceptors (Lipinski definition) is 3. The smallest absolute Gasteiger partial charge is 0.230 e. The summed E-state index contributed by atoms with van der Waals surface area (Å²) in [5, 5.41) is 2.94. The van der Waals surface area contributed by atoms with Crippen LogP contribution in [0.5, 0.6) is 5.75 Å². The molecule has 0 aliphatic carbocycles. The van der Waals surface area contributed by atoms with Crippen LogP contribution in [0.2, 0.25) is 0 Å². The van der Waals surface area contributed by atoms with E-state index in [1.165, 1.54) is 17.8 Å². The van der Waals surface area contributed by atoms with Crippen LogP contribution in [-0.4, -0.2) is 18.8 Å². The Morgan fingerprint density at radius 2 is 1.91 bits per heavy atom. The van der Waals surface area contributed by atoms with E-state index in [9.17, 15) is 9.18 Å². The fourth-order valence-electron chi connectivity index (χ4n) is 2.25. The summed E-state index contributed by atoms with van der Waals surface area (Å²) in [6.07, 6.45) is 0. The molecular formula is C18H20FNO2S. The standard InChI is InChI=1S/C18H20FNO2S/c1-13(15-8-4-6-10-17(15)22-2)20-18(21)12-23-11-14-7-3-5-9-16(14)19/h3-10,13H,11-12H2,1-2H3,(H,20,21). The molecule has 3 nitrogen and oxygen atoms in total. The summed E-state index contributed by atoms with van der Waals surface area (Å²) in [7, 11) is 1.61. The SMILES string of the molecule is COc1ccccc1C(C)NC(=O)CSCc1ccccc1F. The fourth-order valence-corrected chi connectivity index (χ4v) is 3.08. The molecule has 0 aliphatic rings. The van der Waals surface area contributed by atoms with Crippen molar-refractivity contribution >= 4 is 17.7 Å².